The summed E-state index contributed by atoms with van der Waals surface area (Å²) >= 11 is 1.81. The third-order valence-electron chi connectivity index (χ3n) is 4.58. The minimum Gasteiger partial charge on any atom is -0.453 e. The first-order valence-corrected chi connectivity index (χ1v) is 8.85. The molecule has 23 heavy (non-hydrogen) atoms. The number of hydrogen-bond acceptors (Lipinski definition) is 6. The fraction of sp³-hybridized carbons (Fsp3) is 0.562. The molecule has 1 aliphatic carbocycles. The van der Waals surface area contributed by atoms with Crippen LogP contribution in [0.2, 0.25) is 0 Å². The summed E-state index contributed by atoms with van der Waals surface area (Å²) in [5.41, 5.74) is 1.43. The van der Waals surface area contributed by atoms with Crippen LogP contribution in [0.3, 0.4) is 0 Å². The van der Waals surface area contributed by atoms with Crippen LogP contribution in [0.4, 0.5) is 10.6 Å². The third-order valence-corrected chi connectivity index (χ3v) is 5.77. The molecule has 1 amide bonds. The van der Waals surface area contributed by atoms with Gasteiger partial charge in [0.25, 0.3) is 0 Å². The van der Waals surface area contributed by atoms with Crippen LogP contribution in [0.15, 0.2) is 0 Å². The molecule has 0 saturated carbocycles. The highest BCUT2D eigenvalue weighted by atomic mass is 32.1. The van der Waals surface area contributed by atoms with E-state index >= 15 is 0 Å². The normalized spacial score (nSPS) is 17.7. The molecule has 7 heteroatoms. The predicted octanol–water partition coefficient (Wildman–Crippen LogP) is 2.74. The van der Waals surface area contributed by atoms with Gasteiger partial charge in [-0.15, -0.1) is 11.3 Å². The van der Waals surface area contributed by atoms with Gasteiger partial charge in [0.05, 0.1) is 18.5 Å². The van der Waals surface area contributed by atoms with E-state index in [9.17, 15) is 4.79 Å². The lowest BCUT2D eigenvalue weighted by Gasteiger charge is -2.38. The Morgan fingerprint density at radius 1 is 1.30 bits per heavy atom. The Kier molecular flexibility index (Phi) is 3.60. The summed E-state index contributed by atoms with van der Waals surface area (Å²) in [6.45, 7) is 3.25. The molecular weight excluding hydrogens is 312 g/mol. The van der Waals surface area contributed by atoms with E-state index in [1.165, 1.54) is 35.8 Å². The molecule has 1 saturated heterocycles. The van der Waals surface area contributed by atoms with Crippen LogP contribution in [0.1, 0.15) is 29.1 Å². The van der Waals surface area contributed by atoms with E-state index in [1.54, 1.807) is 4.90 Å². The van der Waals surface area contributed by atoms with Gasteiger partial charge in [-0.05, 0) is 38.2 Å². The maximum atomic E-state index is 11.5. The van der Waals surface area contributed by atoms with Crippen molar-refractivity contribution >= 4 is 33.5 Å². The number of thiophene rings is 1. The molecule has 0 atom stereocenters. The Balaban J connectivity index is 1.62. The van der Waals surface area contributed by atoms with E-state index in [2.05, 4.69) is 15.3 Å². The number of nitrogens with zero attached hydrogens (tertiary/aromatic N) is 3. The standard InChI is InChI=1S/C16H20N4O2S/c1-9-17-14(19-10-7-20(8-10)16(21)22-2)13-11-5-3-4-6-12(11)23-15(13)18-9/h10H,3-8H2,1-2H3,(H,17,18,19). The number of methoxy groups -OCH3 is 1. The summed E-state index contributed by atoms with van der Waals surface area (Å²) < 4.78 is 4.74. The van der Waals surface area contributed by atoms with Crippen LogP contribution < -0.4 is 5.32 Å². The minimum absolute atomic E-state index is 0.228. The van der Waals surface area contributed by atoms with Crippen molar-refractivity contribution in [1.82, 2.24) is 14.9 Å². The van der Waals surface area contributed by atoms with Crippen LogP contribution in [-0.2, 0) is 17.6 Å². The van der Waals surface area contributed by atoms with Crippen LogP contribution in [0, 0.1) is 6.92 Å². The lowest BCUT2D eigenvalue weighted by molar-refractivity contribution is 0.0930. The zero-order valence-corrected chi connectivity index (χ0v) is 14.2. The van der Waals surface area contributed by atoms with E-state index in [0.29, 0.717) is 13.1 Å². The zero-order chi connectivity index (χ0) is 16.0. The molecule has 4 rings (SSSR count). The molecule has 1 N–H and O–H groups in total. The van der Waals surface area contributed by atoms with Crippen molar-refractivity contribution in [2.75, 3.05) is 25.5 Å². The van der Waals surface area contributed by atoms with Gasteiger partial charge in [0.2, 0.25) is 0 Å². The molecule has 2 aromatic heterocycles. The van der Waals surface area contributed by atoms with Crippen molar-refractivity contribution in [3.05, 3.63) is 16.3 Å². The van der Waals surface area contributed by atoms with Gasteiger partial charge < -0.3 is 15.0 Å². The number of hydrogen-bond donors (Lipinski definition) is 1. The SMILES string of the molecule is COC(=O)N1CC(Nc2nc(C)nc3sc4c(c23)CCCC4)C1. The number of rotatable bonds is 2. The number of ether oxygens (including phenoxy) is 1. The third kappa shape index (κ3) is 2.52. The monoisotopic (exact) mass is 332 g/mol. The summed E-state index contributed by atoms with van der Waals surface area (Å²) in [4.78, 5) is 25.0. The van der Waals surface area contributed by atoms with Crippen molar-refractivity contribution < 1.29 is 9.53 Å². The maximum absolute atomic E-state index is 11.5. The van der Waals surface area contributed by atoms with Crippen LogP contribution in [0.5, 0.6) is 0 Å². The molecule has 1 aliphatic heterocycles. The number of carbonyl (C=O) groups excluding carboxylic acids is 1. The molecule has 2 aromatic rings. The highest BCUT2D eigenvalue weighted by Crippen LogP contribution is 2.39. The van der Waals surface area contributed by atoms with Gasteiger partial charge in [-0.2, -0.15) is 0 Å². The number of anilines is 1. The number of nitrogens with one attached hydrogen (secondary N) is 1. The zero-order valence-electron chi connectivity index (χ0n) is 13.4. The molecule has 1 fully saturated rings. The fourth-order valence-electron chi connectivity index (χ4n) is 3.41. The minimum atomic E-state index is -0.264. The van der Waals surface area contributed by atoms with Crippen LogP contribution >= 0.6 is 11.3 Å². The van der Waals surface area contributed by atoms with Gasteiger partial charge in [0.15, 0.2) is 0 Å². The molecular formula is C16H20N4O2S. The molecule has 6 nitrogen and oxygen atoms in total. The molecule has 0 bridgehead atoms. The van der Waals surface area contributed by atoms with Gasteiger partial charge in [-0.25, -0.2) is 14.8 Å². The van der Waals surface area contributed by atoms with Crippen LogP contribution in [-0.4, -0.2) is 47.2 Å². The first-order valence-electron chi connectivity index (χ1n) is 8.04. The topological polar surface area (TPSA) is 67.3 Å². The molecule has 0 radical (unpaired) electrons. The second kappa shape index (κ2) is 5.63. The van der Waals surface area contributed by atoms with Gasteiger partial charge in [0.1, 0.15) is 16.5 Å². The fourth-order valence-corrected chi connectivity index (χ4v) is 4.72. The predicted molar refractivity (Wildman–Crippen MR) is 90.2 cm³/mol. The second-order valence-electron chi connectivity index (χ2n) is 6.23. The lowest BCUT2D eigenvalue weighted by atomic mass is 9.97. The van der Waals surface area contributed by atoms with Crippen molar-refractivity contribution in [1.29, 1.82) is 0 Å². The molecule has 0 spiro atoms. The first kappa shape index (κ1) is 14.7. The molecule has 2 aliphatic rings. The summed E-state index contributed by atoms with van der Waals surface area (Å²) in [5, 5.41) is 4.71. The average molecular weight is 332 g/mol. The maximum Gasteiger partial charge on any atom is 0.409 e. The number of amides is 1. The lowest BCUT2D eigenvalue weighted by Crippen LogP contribution is -2.57. The highest BCUT2D eigenvalue weighted by molar-refractivity contribution is 7.19. The second-order valence-corrected chi connectivity index (χ2v) is 7.31. The summed E-state index contributed by atoms with van der Waals surface area (Å²) in [7, 11) is 1.41. The summed E-state index contributed by atoms with van der Waals surface area (Å²) in [6, 6.07) is 0.228. The van der Waals surface area contributed by atoms with Crippen molar-refractivity contribution in [3.8, 4) is 0 Å². The van der Waals surface area contributed by atoms with Crippen LogP contribution in [0.25, 0.3) is 10.2 Å². The largest absolute Gasteiger partial charge is 0.453 e. The van der Waals surface area contributed by atoms with E-state index in [1.807, 2.05) is 18.3 Å². The van der Waals surface area contributed by atoms with Crippen molar-refractivity contribution in [2.24, 2.45) is 0 Å². The van der Waals surface area contributed by atoms with Gasteiger partial charge in [-0.1, -0.05) is 0 Å². The quantitative estimate of drug-likeness (QED) is 0.916. The Morgan fingerprint density at radius 3 is 2.87 bits per heavy atom. The number of carbonyl (C=O) groups is 1. The Hall–Kier alpha value is -1.89. The van der Waals surface area contributed by atoms with E-state index in [4.69, 9.17) is 4.74 Å². The van der Waals surface area contributed by atoms with E-state index in [0.717, 1.165) is 29.3 Å². The highest BCUT2D eigenvalue weighted by Gasteiger charge is 2.32. The number of aryl methyl sites for hydroxylation is 3. The van der Waals surface area contributed by atoms with Gasteiger partial charge in [0, 0.05) is 18.0 Å². The molecule has 0 unspecified atom stereocenters. The summed E-state index contributed by atoms with van der Waals surface area (Å²) in [6.07, 6.45) is 4.53. The average Bonchev–Trinajstić information content (AvgIpc) is 2.87. The number of fused-ring (bicyclic) bond motifs is 3. The Morgan fingerprint density at radius 2 is 2.09 bits per heavy atom. The Labute approximate surface area is 138 Å². The van der Waals surface area contributed by atoms with Gasteiger partial charge in [-0.3, -0.25) is 0 Å². The molecule has 0 aromatic carbocycles. The summed E-state index contributed by atoms with van der Waals surface area (Å²) in [5.74, 6) is 1.73. The van der Waals surface area contributed by atoms with E-state index < -0.39 is 0 Å². The Bertz CT molecular complexity index is 767. The van der Waals surface area contributed by atoms with Crippen molar-refractivity contribution in [3.63, 3.8) is 0 Å². The number of aromatic nitrogens is 2. The van der Waals surface area contributed by atoms with Crippen molar-refractivity contribution in [2.45, 2.75) is 38.6 Å². The van der Waals surface area contributed by atoms with Gasteiger partial charge >= 0.3 is 6.09 Å². The number of likely N-dealkylation sites (tertiary alicyclic amines) is 1. The first-order chi connectivity index (χ1) is 11.2. The van der Waals surface area contributed by atoms with E-state index in [-0.39, 0.29) is 12.1 Å². The molecule has 3 heterocycles. The smallest absolute Gasteiger partial charge is 0.409 e. The molecule has 122 valence electrons.